The average Bonchev–Trinajstić information content (AvgIpc) is 2.81. The van der Waals surface area contributed by atoms with Crippen molar-refractivity contribution < 1.29 is 46.4 Å². The predicted molar refractivity (Wildman–Crippen MR) is 136 cm³/mol. The van der Waals surface area contributed by atoms with E-state index in [1.54, 1.807) is 0 Å². The monoisotopic (exact) mass is 545 g/mol. The van der Waals surface area contributed by atoms with Crippen molar-refractivity contribution in [2.75, 3.05) is 6.54 Å². The normalized spacial score (nSPS) is 12.5. The van der Waals surface area contributed by atoms with E-state index in [2.05, 4.69) is 5.32 Å². The van der Waals surface area contributed by atoms with Crippen LogP contribution < -0.4 is 14.8 Å². The Bertz CT molecular complexity index is 1320. The number of phenols is 2. The molecule has 0 aliphatic carbocycles. The molecule has 0 aliphatic rings. The molecule has 1 unspecified atom stereocenters. The fraction of sp³-hybridized carbons (Fsp3) is 0.231. The molecule has 0 spiro atoms. The first-order valence-electron chi connectivity index (χ1n) is 11.3. The van der Waals surface area contributed by atoms with Crippen molar-refractivity contribution in [2.24, 2.45) is 0 Å². The summed E-state index contributed by atoms with van der Waals surface area (Å²) in [5, 5.41) is 22.0. The molecule has 0 bridgehead atoms. The van der Waals surface area contributed by atoms with Gasteiger partial charge in [0.25, 0.3) is 0 Å². The fourth-order valence-corrected chi connectivity index (χ4v) is 3.65. The lowest BCUT2D eigenvalue weighted by molar-refractivity contribution is 0.0731. The molecule has 3 aromatic carbocycles. The van der Waals surface area contributed by atoms with Gasteiger partial charge in [-0.15, -0.1) is 0 Å². The minimum absolute atomic E-state index is 0.0523. The number of phenolic OH excluding ortho intramolecular Hbond substituents is 2. The first-order valence-corrected chi connectivity index (χ1v) is 12.6. The number of aromatic hydroxyl groups is 2. The van der Waals surface area contributed by atoms with Crippen molar-refractivity contribution in [3.8, 4) is 23.0 Å². The van der Waals surface area contributed by atoms with Crippen molar-refractivity contribution >= 4 is 22.3 Å². The van der Waals surface area contributed by atoms with Gasteiger partial charge in [-0.3, -0.25) is 4.55 Å². The van der Waals surface area contributed by atoms with Crippen LogP contribution in [0.3, 0.4) is 0 Å². The summed E-state index contributed by atoms with van der Waals surface area (Å²) in [6.07, 6.45) is -1.30. The maximum Gasteiger partial charge on any atom is 0.397 e. The molecule has 0 heterocycles. The first-order chi connectivity index (χ1) is 17.7. The number of carbonyl (C=O) groups excluding carboxylic acids is 2. The molecule has 1 atom stereocenters. The van der Waals surface area contributed by atoms with Crippen molar-refractivity contribution in [2.45, 2.75) is 32.4 Å². The molecule has 202 valence electrons. The molecule has 38 heavy (non-hydrogen) atoms. The van der Waals surface area contributed by atoms with E-state index in [0.29, 0.717) is 0 Å². The Kier molecular flexibility index (Phi) is 8.74. The molecule has 4 N–H and O–H groups in total. The van der Waals surface area contributed by atoms with Gasteiger partial charge in [-0.1, -0.05) is 0 Å². The third-order valence-corrected chi connectivity index (χ3v) is 5.43. The number of nitrogens with one attached hydrogen (secondary N) is 1. The van der Waals surface area contributed by atoms with Crippen molar-refractivity contribution in [3.05, 3.63) is 83.4 Å². The van der Waals surface area contributed by atoms with Crippen LogP contribution in [0, 0.1) is 0 Å². The van der Waals surface area contributed by atoms with Gasteiger partial charge in [0.1, 0.15) is 29.1 Å². The minimum atomic E-state index is -4.91. The Labute approximate surface area is 219 Å². The highest BCUT2D eigenvalue weighted by molar-refractivity contribution is 7.80. The molecule has 0 radical (unpaired) electrons. The van der Waals surface area contributed by atoms with Gasteiger partial charge in [0.15, 0.2) is 0 Å². The van der Waals surface area contributed by atoms with E-state index < -0.39 is 34.0 Å². The molecular weight excluding hydrogens is 518 g/mol. The largest absolute Gasteiger partial charge is 0.508 e. The first kappa shape index (κ1) is 28.6. The van der Waals surface area contributed by atoms with Crippen molar-refractivity contribution in [1.82, 2.24) is 5.32 Å². The summed E-state index contributed by atoms with van der Waals surface area (Å²) in [5.41, 5.74) is -0.145. The molecule has 3 aromatic rings. The second kappa shape index (κ2) is 11.6. The number of carbonyl (C=O) groups is 2. The van der Waals surface area contributed by atoms with E-state index in [1.165, 1.54) is 66.7 Å². The standard InChI is InChI=1S/C26H27NO10S/c1-26(2,3)27-15-23(37-38(32,33)34)18-12-21(35-24(30)16-4-8-19(28)9-5-16)14-22(13-18)36-25(31)17-6-10-20(29)11-7-17/h4-14,23,27-29H,15H2,1-3H3,(H,32,33,34). The molecule has 0 saturated heterocycles. The molecule has 0 aliphatic heterocycles. The SMILES string of the molecule is CC(C)(C)NCC(OS(=O)(=O)O)c1cc(OC(=O)c2ccc(O)cc2)cc(OC(=O)c2ccc(O)cc2)c1. The quantitative estimate of drug-likeness (QED) is 0.175. The summed E-state index contributed by atoms with van der Waals surface area (Å²) in [7, 11) is -4.91. The average molecular weight is 546 g/mol. The molecule has 0 aromatic heterocycles. The predicted octanol–water partition coefficient (Wildman–Crippen LogP) is 3.78. The van der Waals surface area contributed by atoms with Gasteiger partial charge >= 0.3 is 22.3 Å². The lowest BCUT2D eigenvalue weighted by Crippen LogP contribution is -2.39. The summed E-state index contributed by atoms with van der Waals surface area (Å²) in [4.78, 5) is 25.3. The number of esters is 2. The van der Waals surface area contributed by atoms with E-state index in [4.69, 9.17) is 13.7 Å². The molecule has 11 nitrogen and oxygen atoms in total. The number of ether oxygens (including phenoxy) is 2. The number of hydrogen-bond acceptors (Lipinski definition) is 10. The van der Waals surface area contributed by atoms with Crippen LogP contribution in [0.4, 0.5) is 0 Å². The second-order valence-electron chi connectivity index (χ2n) is 9.25. The van der Waals surface area contributed by atoms with Crippen LogP contribution in [0.25, 0.3) is 0 Å². The van der Waals surface area contributed by atoms with Crippen LogP contribution in [0.15, 0.2) is 66.7 Å². The van der Waals surface area contributed by atoms with E-state index >= 15 is 0 Å². The van der Waals surface area contributed by atoms with E-state index in [-0.39, 0.29) is 46.2 Å². The van der Waals surface area contributed by atoms with Crippen LogP contribution >= 0.6 is 0 Å². The van der Waals surface area contributed by atoms with E-state index in [9.17, 15) is 32.8 Å². The minimum Gasteiger partial charge on any atom is -0.508 e. The Balaban J connectivity index is 1.99. The zero-order valence-corrected chi connectivity index (χ0v) is 21.6. The van der Waals surface area contributed by atoms with Crippen LogP contribution in [0.2, 0.25) is 0 Å². The Hall–Kier alpha value is -3.97. The lowest BCUT2D eigenvalue weighted by atomic mass is 10.1. The summed E-state index contributed by atoms with van der Waals surface area (Å²) in [6, 6.07) is 14.4. The van der Waals surface area contributed by atoms with E-state index in [0.717, 1.165) is 0 Å². The highest BCUT2D eigenvalue weighted by atomic mass is 32.3. The van der Waals surface area contributed by atoms with Gasteiger partial charge < -0.3 is 25.0 Å². The zero-order valence-electron chi connectivity index (χ0n) is 20.7. The van der Waals surface area contributed by atoms with Crippen LogP contribution in [0.1, 0.15) is 53.2 Å². The zero-order chi connectivity index (χ0) is 28.1. The highest BCUT2D eigenvalue weighted by Gasteiger charge is 2.24. The van der Waals surface area contributed by atoms with Gasteiger partial charge in [0.2, 0.25) is 0 Å². The van der Waals surface area contributed by atoms with Crippen LogP contribution in [-0.2, 0) is 14.6 Å². The maximum absolute atomic E-state index is 12.7. The Morgan fingerprint density at radius 2 is 1.24 bits per heavy atom. The van der Waals surface area contributed by atoms with Crippen molar-refractivity contribution in [1.29, 1.82) is 0 Å². The van der Waals surface area contributed by atoms with E-state index in [1.807, 2.05) is 20.8 Å². The number of hydrogen-bond donors (Lipinski definition) is 4. The number of rotatable bonds is 9. The van der Waals surface area contributed by atoms with Crippen LogP contribution in [-0.4, -0.2) is 47.2 Å². The van der Waals surface area contributed by atoms with Gasteiger partial charge in [0.05, 0.1) is 11.1 Å². The van der Waals surface area contributed by atoms with Gasteiger partial charge in [0, 0.05) is 18.2 Å². The topological polar surface area (TPSA) is 169 Å². The maximum atomic E-state index is 12.7. The second-order valence-corrected chi connectivity index (χ2v) is 10.3. The molecule has 12 heteroatoms. The Morgan fingerprint density at radius 1 is 0.816 bits per heavy atom. The summed E-state index contributed by atoms with van der Waals surface area (Å²) < 4.78 is 48.2. The third kappa shape index (κ3) is 8.85. The summed E-state index contributed by atoms with van der Waals surface area (Å²) in [5.74, 6) is -1.95. The number of benzene rings is 3. The van der Waals surface area contributed by atoms with Gasteiger partial charge in [-0.2, -0.15) is 8.42 Å². The molecule has 3 rings (SSSR count). The van der Waals surface area contributed by atoms with Crippen LogP contribution in [0.5, 0.6) is 23.0 Å². The fourth-order valence-electron chi connectivity index (χ4n) is 3.18. The lowest BCUT2D eigenvalue weighted by Gasteiger charge is -2.25. The molecule has 0 amide bonds. The molecule has 0 fully saturated rings. The van der Waals surface area contributed by atoms with Gasteiger partial charge in [-0.25, -0.2) is 13.8 Å². The molecule has 0 saturated carbocycles. The van der Waals surface area contributed by atoms with Crippen molar-refractivity contribution in [3.63, 3.8) is 0 Å². The Morgan fingerprint density at radius 3 is 1.61 bits per heavy atom. The highest BCUT2D eigenvalue weighted by Crippen LogP contribution is 2.31. The molecular formula is C26H27NO10S. The summed E-state index contributed by atoms with van der Waals surface area (Å²) >= 11 is 0. The third-order valence-electron chi connectivity index (χ3n) is 4.96. The summed E-state index contributed by atoms with van der Waals surface area (Å²) in [6.45, 7) is 5.40. The van der Waals surface area contributed by atoms with Gasteiger partial charge in [-0.05, 0) is 87.0 Å². The smallest absolute Gasteiger partial charge is 0.397 e.